The van der Waals surface area contributed by atoms with Crippen LogP contribution in [0.3, 0.4) is 0 Å². The highest BCUT2D eigenvalue weighted by molar-refractivity contribution is 7.83. The van der Waals surface area contributed by atoms with Gasteiger partial charge in [0.05, 0.1) is 5.56 Å². The summed E-state index contributed by atoms with van der Waals surface area (Å²) in [5, 5.41) is 1.04. The predicted octanol–water partition coefficient (Wildman–Crippen LogP) is 3.03. The molecule has 1 nitrogen and oxygen atoms in total. The maximum absolute atomic E-state index is 13.3. The Labute approximate surface area is 89.0 Å². The van der Waals surface area contributed by atoms with Gasteiger partial charge in [0.1, 0.15) is 5.82 Å². The largest absolute Gasteiger partial charge is 0.419 e. The summed E-state index contributed by atoms with van der Waals surface area (Å²) in [4.78, 5) is 0. The number of alkyl halides is 3. The molecule has 0 amide bonds. The van der Waals surface area contributed by atoms with Crippen LogP contribution in [0.15, 0.2) is 23.6 Å². The first-order valence-corrected chi connectivity index (χ1v) is 4.35. The lowest BCUT2D eigenvalue weighted by Gasteiger charge is -2.10. The summed E-state index contributed by atoms with van der Waals surface area (Å²) in [6, 6.07) is 2.91. The molecule has 0 aliphatic rings. The van der Waals surface area contributed by atoms with Crippen molar-refractivity contribution in [3.8, 4) is 0 Å². The fourth-order valence-electron chi connectivity index (χ4n) is 1.04. The maximum Gasteiger partial charge on any atom is 0.419 e. The average Bonchev–Trinajstić information content (AvgIpc) is 2.15. The minimum absolute atomic E-state index is 0.151. The van der Waals surface area contributed by atoms with Gasteiger partial charge in [-0.05, 0) is 17.5 Å². The van der Waals surface area contributed by atoms with Gasteiger partial charge >= 0.3 is 6.18 Å². The van der Waals surface area contributed by atoms with E-state index in [1.54, 1.807) is 0 Å². The molecule has 0 unspecified atom stereocenters. The summed E-state index contributed by atoms with van der Waals surface area (Å²) in [7, 11) is 0. The highest BCUT2D eigenvalue weighted by Crippen LogP contribution is 2.33. The van der Waals surface area contributed by atoms with Gasteiger partial charge in [0.2, 0.25) is 0 Å². The molecule has 15 heavy (non-hydrogen) atoms. The van der Waals surface area contributed by atoms with Crippen molar-refractivity contribution < 1.29 is 17.6 Å². The molecule has 0 heterocycles. The van der Waals surface area contributed by atoms with Gasteiger partial charge < -0.3 is 5.73 Å². The van der Waals surface area contributed by atoms with E-state index < -0.39 is 17.6 Å². The van der Waals surface area contributed by atoms with E-state index in [1.807, 2.05) is 0 Å². The van der Waals surface area contributed by atoms with Crippen LogP contribution in [0.2, 0.25) is 0 Å². The number of thiol groups is 1. The SMILES string of the molecule is N/C(=C\S)c1cccc(C(F)(F)F)c1F. The van der Waals surface area contributed by atoms with E-state index in [1.165, 1.54) is 0 Å². The zero-order valence-corrected chi connectivity index (χ0v) is 8.24. The van der Waals surface area contributed by atoms with Crippen LogP contribution in [-0.2, 0) is 6.18 Å². The molecule has 1 aromatic carbocycles. The molecule has 82 valence electrons. The Kier molecular flexibility index (Phi) is 3.28. The molecule has 2 N–H and O–H groups in total. The molecule has 0 aliphatic carbocycles. The standard InChI is InChI=1S/C9H7F4NS/c10-8-5(7(14)4-15)2-1-3-6(8)9(11,12)13/h1-4,15H,14H2/b7-4-. The van der Waals surface area contributed by atoms with Crippen LogP contribution in [0.5, 0.6) is 0 Å². The quantitative estimate of drug-likeness (QED) is 0.570. The van der Waals surface area contributed by atoms with Gasteiger partial charge in [-0.3, -0.25) is 0 Å². The second-order valence-electron chi connectivity index (χ2n) is 2.75. The van der Waals surface area contributed by atoms with E-state index in [0.29, 0.717) is 6.07 Å². The summed E-state index contributed by atoms with van der Waals surface area (Å²) in [5.41, 5.74) is 3.49. The Morgan fingerprint density at radius 2 is 1.93 bits per heavy atom. The summed E-state index contributed by atoms with van der Waals surface area (Å²) in [6.07, 6.45) is -4.73. The molecule has 0 spiro atoms. The van der Waals surface area contributed by atoms with Crippen molar-refractivity contribution in [2.45, 2.75) is 6.18 Å². The molecule has 0 saturated heterocycles. The predicted molar refractivity (Wildman–Crippen MR) is 52.6 cm³/mol. The Morgan fingerprint density at radius 3 is 2.40 bits per heavy atom. The minimum atomic E-state index is -4.73. The Hall–Kier alpha value is -1.17. The molecule has 1 rings (SSSR count). The van der Waals surface area contributed by atoms with Crippen LogP contribution >= 0.6 is 12.6 Å². The lowest BCUT2D eigenvalue weighted by molar-refractivity contribution is -0.140. The van der Waals surface area contributed by atoms with Crippen LogP contribution in [-0.4, -0.2) is 0 Å². The van der Waals surface area contributed by atoms with Crippen molar-refractivity contribution in [3.63, 3.8) is 0 Å². The van der Waals surface area contributed by atoms with E-state index >= 15 is 0 Å². The first-order chi connectivity index (χ1) is 6.88. The third-order valence-corrected chi connectivity index (χ3v) is 2.03. The summed E-state index contributed by atoms with van der Waals surface area (Å²) < 4.78 is 50.2. The second-order valence-corrected chi connectivity index (χ2v) is 3.01. The monoisotopic (exact) mass is 237 g/mol. The normalized spacial score (nSPS) is 13.0. The van der Waals surface area contributed by atoms with Gasteiger partial charge in [0.15, 0.2) is 0 Å². The van der Waals surface area contributed by atoms with Gasteiger partial charge in [0.25, 0.3) is 0 Å². The molecule has 0 saturated carbocycles. The zero-order chi connectivity index (χ0) is 11.6. The van der Waals surface area contributed by atoms with Gasteiger partial charge in [0, 0.05) is 11.3 Å². The number of hydrogen-bond acceptors (Lipinski definition) is 2. The highest BCUT2D eigenvalue weighted by Gasteiger charge is 2.34. The molecular weight excluding hydrogens is 230 g/mol. The third kappa shape index (κ3) is 2.44. The molecule has 0 atom stereocenters. The van der Waals surface area contributed by atoms with Crippen LogP contribution in [0.25, 0.3) is 5.70 Å². The highest BCUT2D eigenvalue weighted by atomic mass is 32.1. The summed E-state index contributed by atoms with van der Waals surface area (Å²) in [6.45, 7) is 0. The number of hydrogen-bond donors (Lipinski definition) is 2. The van der Waals surface area contributed by atoms with Crippen molar-refractivity contribution in [2.75, 3.05) is 0 Å². The van der Waals surface area contributed by atoms with Crippen LogP contribution < -0.4 is 5.73 Å². The summed E-state index contributed by atoms with van der Waals surface area (Å²) >= 11 is 3.65. The number of halogens is 4. The lowest BCUT2D eigenvalue weighted by atomic mass is 10.1. The van der Waals surface area contributed by atoms with E-state index in [-0.39, 0.29) is 11.3 Å². The maximum atomic E-state index is 13.3. The van der Waals surface area contributed by atoms with Gasteiger partial charge in [-0.25, -0.2) is 4.39 Å². The van der Waals surface area contributed by atoms with Crippen molar-refractivity contribution in [1.29, 1.82) is 0 Å². The van der Waals surface area contributed by atoms with Crippen molar-refractivity contribution in [2.24, 2.45) is 5.73 Å². The first-order valence-electron chi connectivity index (χ1n) is 3.84. The van der Waals surface area contributed by atoms with Gasteiger partial charge in [-0.1, -0.05) is 6.07 Å². The minimum Gasteiger partial charge on any atom is -0.398 e. The molecular formula is C9H7F4NS. The lowest BCUT2D eigenvalue weighted by Crippen LogP contribution is -2.11. The number of benzene rings is 1. The van der Waals surface area contributed by atoms with Crippen LogP contribution in [0.4, 0.5) is 17.6 Å². The first kappa shape index (κ1) is 11.9. The molecule has 0 aromatic heterocycles. The Bertz CT molecular complexity index is 398. The Balaban J connectivity index is 3.36. The van der Waals surface area contributed by atoms with E-state index in [9.17, 15) is 17.6 Å². The molecule has 0 fully saturated rings. The van der Waals surface area contributed by atoms with Gasteiger partial charge in [-0.15, -0.1) is 12.6 Å². The molecule has 0 radical (unpaired) electrons. The van der Waals surface area contributed by atoms with E-state index in [0.717, 1.165) is 17.5 Å². The average molecular weight is 237 g/mol. The fraction of sp³-hybridized carbons (Fsp3) is 0.111. The molecule has 0 bridgehead atoms. The van der Waals surface area contributed by atoms with Crippen molar-refractivity contribution in [1.82, 2.24) is 0 Å². The second kappa shape index (κ2) is 4.14. The van der Waals surface area contributed by atoms with Crippen LogP contribution in [0, 0.1) is 5.82 Å². The summed E-state index contributed by atoms with van der Waals surface area (Å²) in [5.74, 6) is -1.38. The van der Waals surface area contributed by atoms with E-state index in [2.05, 4.69) is 12.6 Å². The Morgan fingerprint density at radius 1 is 1.33 bits per heavy atom. The van der Waals surface area contributed by atoms with Gasteiger partial charge in [-0.2, -0.15) is 13.2 Å². The van der Waals surface area contributed by atoms with Crippen LogP contribution in [0.1, 0.15) is 11.1 Å². The number of nitrogens with two attached hydrogens (primary N) is 1. The smallest absolute Gasteiger partial charge is 0.398 e. The van der Waals surface area contributed by atoms with Crippen molar-refractivity contribution >= 4 is 18.3 Å². The molecule has 0 aliphatic heterocycles. The van der Waals surface area contributed by atoms with Crippen molar-refractivity contribution in [3.05, 3.63) is 40.6 Å². The van der Waals surface area contributed by atoms with E-state index in [4.69, 9.17) is 5.73 Å². The topological polar surface area (TPSA) is 26.0 Å². The number of rotatable bonds is 1. The molecule has 1 aromatic rings. The third-order valence-electron chi connectivity index (χ3n) is 1.75. The molecule has 6 heteroatoms. The fourth-order valence-corrected chi connectivity index (χ4v) is 1.18. The zero-order valence-electron chi connectivity index (χ0n) is 7.35.